The van der Waals surface area contributed by atoms with E-state index in [-0.39, 0.29) is 0 Å². The van der Waals surface area contributed by atoms with Crippen molar-refractivity contribution in [2.45, 2.75) is 13.0 Å². The lowest BCUT2D eigenvalue weighted by Crippen LogP contribution is -2.27. The zero-order valence-electron chi connectivity index (χ0n) is 7.61. The van der Waals surface area contributed by atoms with Crippen LogP contribution in [-0.4, -0.2) is 34.8 Å². The first-order chi connectivity index (χ1) is 6.09. The molecule has 0 saturated heterocycles. The van der Waals surface area contributed by atoms with Gasteiger partial charge in [0.05, 0.1) is 6.10 Å². The second-order valence-corrected chi connectivity index (χ2v) is 3.32. The Hall–Kier alpha value is -0.870. The van der Waals surface area contributed by atoms with Crippen LogP contribution in [0.3, 0.4) is 0 Å². The van der Waals surface area contributed by atoms with Crippen molar-refractivity contribution >= 4 is 17.4 Å². The summed E-state index contributed by atoms with van der Waals surface area (Å²) in [6.45, 7) is 2.24. The Morgan fingerprint density at radius 1 is 1.62 bits per heavy atom. The third-order valence-corrected chi connectivity index (χ3v) is 1.76. The third kappa shape index (κ3) is 3.16. The molecule has 1 aromatic rings. The Morgan fingerprint density at radius 2 is 2.31 bits per heavy atom. The summed E-state index contributed by atoms with van der Waals surface area (Å²) in [6.07, 6.45) is 1.01. The van der Waals surface area contributed by atoms with Crippen LogP contribution in [0.1, 0.15) is 6.92 Å². The number of aliphatic hydroxyl groups excluding tert-OH is 1. The van der Waals surface area contributed by atoms with E-state index in [1.807, 2.05) is 11.9 Å². The van der Waals surface area contributed by atoms with Crippen LogP contribution in [0.5, 0.6) is 0 Å². The van der Waals surface area contributed by atoms with Gasteiger partial charge in [-0.05, 0) is 6.92 Å². The van der Waals surface area contributed by atoms with Crippen molar-refractivity contribution in [2.24, 2.45) is 0 Å². The molecule has 1 unspecified atom stereocenters. The number of anilines is 1. The fourth-order valence-electron chi connectivity index (χ4n) is 1.02. The molecule has 4 nitrogen and oxygen atoms in total. The number of aromatic nitrogens is 2. The van der Waals surface area contributed by atoms with E-state index in [4.69, 9.17) is 16.7 Å². The van der Waals surface area contributed by atoms with Gasteiger partial charge < -0.3 is 10.0 Å². The highest BCUT2D eigenvalue weighted by atomic mass is 35.5. The average molecular weight is 202 g/mol. The molecule has 1 heterocycles. The molecule has 0 radical (unpaired) electrons. The minimum atomic E-state index is -0.390. The number of nitrogens with zero attached hydrogens (tertiary/aromatic N) is 3. The summed E-state index contributed by atoms with van der Waals surface area (Å²) in [7, 11) is 1.84. The van der Waals surface area contributed by atoms with E-state index < -0.39 is 6.10 Å². The summed E-state index contributed by atoms with van der Waals surface area (Å²) >= 11 is 5.69. The molecule has 1 aromatic heterocycles. The molecule has 13 heavy (non-hydrogen) atoms. The molecule has 0 bridgehead atoms. The van der Waals surface area contributed by atoms with Crippen molar-refractivity contribution in [1.82, 2.24) is 9.97 Å². The largest absolute Gasteiger partial charge is 0.392 e. The second-order valence-electron chi connectivity index (χ2n) is 2.93. The average Bonchev–Trinajstić information content (AvgIpc) is 2.03. The first kappa shape index (κ1) is 10.2. The molecule has 1 atom stereocenters. The molecule has 0 aliphatic rings. The Morgan fingerprint density at radius 3 is 2.85 bits per heavy atom. The van der Waals surface area contributed by atoms with E-state index >= 15 is 0 Å². The van der Waals surface area contributed by atoms with Crippen molar-refractivity contribution in [3.8, 4) is 0 Å². The van der Waals surface area contributed by atoms with Crippen LogP contribution in [0.4, 0.5) is 5.82 Å². The molecular weight excluding hydrogens is 190 g/mol. The molecule has 0 saturated carbocycles. The summed E-state index contributed by atoms with van der Waals surface area (Å²) in [5.74, 6) is 0.709. The highest BCUT2D eigenvalue weighted by molar-refractivity contribution is 6.29. The topological polar surface area (TPSA) is 49.2 Å². The predicted octanol–water partition coefficient (Wildman–Crippen LogP) is 0.947. The van der Waals surface area contributed by atoms with E-state index in [9.17, 15) is 0 Å². The second kappa shape index (κ2) is 4.39. The SMILES string of the molecule is CC(O)CN(C)c1cc(Cl)ncn1. The van der Waals surface area contributed by atoms with Gasteiger partial charge in [0.2, 0.25) is 0 Å². The fraction of sp³-hybridized carbons (Fsp3) is 0.500. The molecule has 0 aromatic carbocycles. The minimum absolute atomic E-state index is 0.390. The molecule has 0 aliphatic carbocycles. The smallest absolute Gasteiger partial charge is 0.134 e. The Bertz CT molecular complexity index is 280. The molecule has 0 spiro atoms. The standard InChI is InChI=1S/C8H12ClN3O/c1-6(13)4-12(2)8-3-7(9)10-5-11-8/h3,5-6,13H,4H2,1-2H3. The van der Waals surface area contributed by atoms with Gasteiger partial charge in [-0.2, -0.15) is 0 Å². The lowest BCUT2D eigenvalue weighted by Gasteiger charge is -2.19. The summed E-state index contributed by atoms with van der Waals surface area (Å²) in [4.78, 5) is 9.60. The monoisotopic (exact) mass is 201 g/mol. The number of aliphatic hydroxyl groups is 1. The van der Waals surface area contributed by atoms with Gasteiger partial charge in [0.1, 0.15) is 17.3 Å². The Kier molecular flexibility index (Phi) is 3.45. The van der Waals surface area contributed by atoms with Crippen LogP contribution in [0.15, 0.2) is 12.4 Å². The normalized spacial score (nSPS) is 12.6. The molecule has 1 rings (SSSR count). The molecule has 72 valence electrons. The van der Waals surface area contributed by atoms with Gasteiger partial charge in [-0.15, -0.1) is 0 Å². The van der Waals surface area contributed by atoms with Crippen LogP contribution in [0.25, 0.3) is 0 Å². The first-order valence-corrected chi connectivity index (χ1v) is 4.34. The maximum Gasteiger partial charge on any atom is 0.134 e. The van der Waals surface area contributed by atoms with E-state index in [0.29, 0.717) is 17.5 Å². The molecule has 0 amide bonds. The number of hydrogen-bond donors (Lipinski definition) is 1. The zero-order chi connectivity index (χ0) is 9.84. The third-order valence-electron chi connectivity index (χ3n) is 1.55. The number of hydrogen-bond acceptors (Lipinski definition) is 4. The minimum Gasteiger partial charge on any atom is -0.392 e. The Labute approximate surface area is 82.2 Å². The van der Waals surface area contributed by atoms with Crippen molar-refractivity contribution in [3.63, 3.8) is 0 Å². The molecule has 0 fully saturated rings. The van der Waals surface area contributed by atoms with Gasteiger partial charge in [0.25, 0.3) is 0 Å². The fourth-order valence-corrected chi connectivity index (χ4v) is 1.16. The summed E-state index contributed by atoms with van der Waals surface area (Å²) in [5, 5.41) is 9.54. The van der Waals surface area contributed by atoms with Crippen LogP contribution in [0, 0.1) is 0 Å². The maximum absolute atomic E-state index is 9.14. The highest BCUT2D eigenvalue weighted by Crippen LogP contribution is 2.12. The lowest BCUT2D eigenvalue weighted by atomic mass is 10.4. The van der Waals surface area contributed by atoms with Crippen molar-refractivity contribution < 1.29 is 5.11 Å². The van der Waals surface area contributed by atoms with Gasteiger partial charge >= 0.3 is 0 Å². The van der Waals surface area contributed by atoms with Crippen LogP contribution in [0.2, 0.25) is 5.15 Å². The van der Waals surface area contributed by atoms with E-state index in [2.05, 4.69) is 9.97 Å². The van der Waals surface area contributed by atoms with Crippen LogP contribution < -0.4 is 4.90 Å². The summed E-state index contributed by atoms with van der Waals surface area (Å²) in [5.41, 5.74) is 0. The highest BCUT2D eigenvalue weighted by Gasteiger charge is 2.05. The van der Waals surface area contributed by atoms with Gasteiger partial charge in [0, 0.05) is 19.7 Å². The maximum atomic E-state index is 9.14. The first-order valence-electron chi connectivity index (χ1n) is 3.96. The summed E-state index contributed by atoms with van der Waals surface area (Å²) in [6, 6.07) is 1.66. The molecule has 5 heteroatoms. The van der Waals surface area contributed by atoms with Gasteiger partial charge in [-0.25, -0.2) is 9.97 Å². The lowest BCUT2D eigenvalue weighted by molar-refractivity contribution is 0.201. The Balaban J connectivity index is 2.71. The van der Waals surface area contributed by atoms with Crippen molar-refractivity contribution in [1.29, 1.82) is 0 Å². The van der Waals surface area contributed by atoms with Crippen LogP contribution in [-0.2, 0) is 0 Å². The van der Waals surface area contributed by atoms with E-state index in [1.165, 1.54) is 6.33 Å². The predicted molar refractivity (Wildman–Crippen MR) is 52.0 cm³/mol. The van der Waals surface area contributed by atoms with Gasteiger partial charge in [-0.1, -0.05) is 11.6 Å². The van der Waals surface area contributed by atoms with Crippen LogP contribution >= 0.6 is 11.6 Å². The van der Waals surface area contributed by atoms with Gasteiger partial charge in [0.15, 0.2) is 0 Å². The quantitative estimate of drug-likeness (QED) is 0.740. The van der Waals surface area contributed by atoms with Gasteiger partial charge in [-0.3, -0.25) is 0 Å². The van der Waals surface area contributed by atoms with Crippen molar-refractivity contribution in [2.75, 3.05) is 18.5 Å². The van der Waals surface area contributed by atoms with Crippen molar-refractivity contribution in [3.05, 3.63) is 17.5 Å². The summed E-state index contributed by atoms with van der Waals surface area (Å²) < 4.78 is 0. The molecular formula is C8H12ClN3O. The molecule has 1 N–H and O–H groups in total. The van der Waals surface area contributed by atoms with E-state index in [1.54, 1.807) is 13.0 Å². The number of rotatable bonds is 3. The number of halogens is 1. The van der Waals surface area contributed by atoms with E-state index in [0.717, 1.165) is 0 Å². The number of likely N-dealkylation sites (N-methyl/N-ethyl adjacent to an activating group) is 1. The molecule has 0 aliphatic heterocycles. The zero-order valence-corrected chi connectivity index (χ0v) is 8.36.